The maximum absolute atomic E-state index is 13.9. The second-order valence-electron chi connectivity index (χ2n) is 4.56. The molecule has 1 aromatic carbocycles. The van der Waals surface area contributed by atoms with E-state index < -0.39 is 17.6 Å². The van der Waals surface area contributed by atoms with Crippen LogP contribution in [0.2, 0.25) is 0 Å². The Hall–Kier alpha value is -1.62. The summed E-state index contributed by atoms with van der Waals surface area (Å²) in [5.41, 5.74) is 4.72. The number of methoxy groups -OCH3 is 1. The lowest BCUT2D eigenvalue weighted by atomic mass is 9.91. The van der Waals surface area contributed by atoms with Crippen molar-refractivity contribution >= 4 is 5.97 Å². The molecule has 0 amide bonds. The molecule has 0 aliphatic heterocycles. The molecule has 0 aromatic heterocycles. The Bertz CT molecular complexity index is 440. The van der Waals surface area contributed by atoms with Gasteiger partial charge in [-0.25, -0.2) is 4.39 Å². The van der Waals surface area contributed by atoms with E-state index in [0.717, 1.165) is 0 Å². The van der Waals surface area contributed by atoms with Crippen molar-refractivity contribution in [2.45, 2.75) is 25.4 Å². The third-order valence-electron chi connectivity index (χ3n) is 2.83. The van der Waals surface area contributed by atoms with Crippen LogP contribution < -0.4 is 10.5 Å². The minimum Gasteiger partial charge on any atom is -0.496 e. The Morgan fingerprint density at radius 2 is 2.17 bits per heavy atom. The number of aliphatic carboxylic acids is 1. The molecule has 0 aliphatic rings. The second kappa shape index (κ2) is 5.35. The summed E-state index contributed by atoms with van der Waals surface area (Å²) in [4.78, 5) is 11.1. The third kappa shape index (κ3) is 2.98. The predicted molar refractivity (Wildman–Crippen MR) is 66.6 cm³/mol. The Labute approximate surface area is 106 Å². The van der Waals surface area contributed by atoms with Crippen LogP contribution in [0, 0.1) is 0 Å². The van der Waals surface area contributed by atoms with E-state index in [9.17, 15) is 9.18 Å². The van der Waals surface area contributed by atoms with Crippen LogP contribution in [0.1, 0.15) is 30.9 Å². The standard InChI is InChI=1S/C13H18FNO3/c1-13(2,14)8-4-5-11(18-3)9(6-8)10(7-15)12(16)17/h4-6,10H,7,15H2,1-3H3,(H,16,17). The Balaban J connectivity index is 3.34. The van der Waals surface area contributed by atoms with E-state index >= 15 is 0 Å². The van der Waals surface area contributed by atoms with Crippen molar-refractivity contribution in [3.05, 3.63) is 29.3 Å². The first-order chi connectivity index (χ1) is 8.31. The van der Waals surface area contributed by atoms with Crippen LogP contribution in [0.25, 0.3) is 0 Å². The van der Waals surface area contributed by atoms with Crippen molar-refractivity contribution < 1.29 is 19.0 Å². The number of carboxylic acid groups (broad SMARTS) is 1. The fraction of sp³-hybridized carbons (Fsp3) is 0.462. The number of ether oxygens (including phenoxy) is 1. The first kappa shape index (κ1) is 14.4. The maximum atomic E-state index is 13.9. The van der Waals surface area contributed by atoms with Crippen LogP contribution in [0.3, 0.4) is 0 Å². The van der Waals surface area contributed by atoms with Gasteiger partial charge in [0.25, 0.3) is 0 Å². The van der Waals surface area contributed by atoms with Crippen LogP contribution in [0.15, 0.2) is 18.2 Å². The van der Waals surface area contributed by atoms with Gasteiger partial charge in [0.1, 0.15) is 11.4 Å². The molecule has 0 spiro atoms. The van der Waals surface area contributed by atoms with E-state index in [1.54, 1.807) is 12.1 Å². The van der Waals surface area contributed by atoms with Crippen molar-refractivity contribution in [1.82, 2.24) is 0 Å². The number of hydrogen-bond donors (Lipinski definition) is 2. The van der Waals surface area contributed by atoms with Gasteiger partial charge in [0.05, 0.1) is 13.0 Å². The van der Waals surface area contributed by atoms with E-state index in [1.165, 1.54) is 27.0 Å². The van der Waals surface area contributed by atoms with Crippen LogP contribution in [-0.2, 0) is 10.5 Å². The van der Waals surface area contributed by atoms with Crippen molar-refractivity contribution in [2.75, 3.05) is 13.7 Å². The van der Waals surface area contributed by atoms with E-state index in [1.807, 2.05) is 0 Å². The zero-order chi connectivity index (χ0) is 13.9. The van der Waals surface area contributed by atoms with Gasteiger partial charge in [-0.2, -0.15) is 0 Å². The molecular formula is C13H18FNO3. The Morgan fingerprint density at radius 1 is 1.56 bits per heavy atom. The van der Waals surface area contributed by atoms with Crippen LogP contribution in [0.5, 0.6) is 5.75 Å². The van der Waals surface area contributed by atoms with Gasteiger partial charge in [-0.3, -0.25) is 4.79 Å². The number of halogens is 1. The average molecular weight is 255 g/mol. The highest BCUT2D eigenvalue weighted by Crippen LogP contribution is 2.33. The molecule has 0 saturated heterocycles. The molecule has 4 nitrogen and oxygen atoms in total. The van der Waals surface area contributed by atoms with Gasteiger partial charge >= 0.3 is 5.97 Å². The Morgan fingerprint density at radius 3 is 2.56 bits per heavy atom. The van der Waals surface area contributed by atoms with Crippen molar-refractivity contribution in [3.8, 4) is 5.75 Å². The summed E-state index contributed by atoms with van der Waals surface area (Å²) in [5, 5.41) is 9.11. The molecule has 1 unspecified atom stereocenters. The summed E-state index contributed by atoms with van der Waals surface area (Å²) in [6, 6.07) is 4.65. The molecule has 1 aromatic rings. The highest BCUT2D eigenvalue weighted by atomic mass is 19.1. The largest absolute Gasteiger partial charge is 0.496 e. The predicted octanol–water partition coefficient (Wildman–Crippen LogP) is 2.03. The summed E-state index contributed by atoms with van der Waals surface area (Å²) in [7, 11) is 1.44. The second-order valence-corrected chi connectivity index (χ2v) is 4.56. The quantitative estimate of drug-likeness (QED) is 0.844. The lowest BCUT2D eigenvalue weighted by Crippen LogP contribution is -2.22. The van der Waals surface area contributed by atoms with Gasteiger partial charge in [-0.05, 0) is 31.5 Å². The number of benzene rings is 1. The molecule has 0 radical (unpaired) electrons. The molecule has 0 fully saturated rings. The van der Waals surface area contributed by atoms with Gasteiger partial charge in [0.2, 0.25) is 0 Å². The summed E-state index contributed by atoms with van der Waals surface area (Å²) >= 11 is 0. The minimum absolute atomic E-state index is 0.0676. The van der Waals surface area contributed by atoms with Crippen molar-refractivity contribution in [2.24, 2.45) is 5.73 Å². The zero-order valence-electron chi connectivity index (χ0n) is 10.7. The molecule has 5 heteroatoms. The molecule has 1 atom stereocenters. The lowest BCUT2D eigenvalue weighted by molar-refractivity contribution is -0.138. The average Bonchev–Trinajstić information content (AvgIpc) is 2.28. The van der Waals surface area contributed by atoms with Gasteiger partial charge in [0.15, 0.2) is 0 Å². The lowest BCUT2D eigenvalue weighted by Gasteiger charge is -2.20. The van der Waals surface area contributed by atoms with Gasteiger partial charge in [-0.15, -0.1) is 0 Å². The molecule has 0 aliphatic carbocycles. The topological polar surface area (TPSA) is 72.5 Å². The van der Waals surface area contributed by atoms with Gasteiger partial charge in [0, 0.05) is 12.1 Å². The number of rotatable bonds is 5. The molecule has 100 valence electrons. The number of alkyl halides is 1. The highest BCUT2D eigenvalue weighted by molar-refractivity contribution is 5.77. The number of hydrogen-bond acceptors (Lipinski definition) is 3. The minimum atomic E-state index is -1.54. The van der Waals surface area contributed by atoms with Gasteiger partial charge < -0.3 is 15.6 Å². The van der Waals surface area contributed by atoms with Crippen LogP contribution >= 0.6 is 0 Å². The molecular weight excluding hydrogens is 237 g/mol. The number of nitrogens with two attached hydrogens (primary N) is 1. The molecule has 0 bridgehead atoms. The Kier molecular flexibility index (Phi) is 4.29. The maximum Gasteiger partial charge on any atom is 0.312 e. The fourth-order valence-corrected chi connectivity index (χ4v) is 1.74. The van der Waals surface area contributed by atoms with Crippen molar-refractivity contribution in [3.63, 3.8) is 0 Å². The highest BCUT2D eigenvalue weighted by Gasteiger charge is 2.26. The third-order valence-corrected chi connectivity index (χ3v) is 2.83. The zero-order valence-corrected chi connectivity index (χ0v) is 10.7. The molecule has 0 saturated carbocycles. The summed E-state index contributed by atoms with van der Waals surface area (Å²) < 4.78 is 19.0. The van der Waals surface area contributed by atoms with Crippen molar-refractivity contribution in [1.29, 1.82) is 0 Å². The smallest absolute Gasteiger partial charge is 0.312 e. The summed E-state index contributed by atoms with van der Waals surface area (Å²) in [6.07, 6.45) is 0. The molecule has 1 rings (SSSR count). The number of carbonyl (C=O) groups is 1. The summed E-state index contributed by atoms with van der Waals surface area (Å²) in [6.45, 7) is 2.76. The number of carboxylic acids is 1. The monoisotopic (exact) mass is 255 g/mol. The molecule has 0 heterocycles. The van der Waals surface area contributed by atoms with E-state index in [4.69, 9.17) is 15.6 Å². The molecule has 3 N–H and O–H groups in total. The first-order valence-electron chi connectivity index (χ1n) is 5.61. The van der Waals surface area contributed by atoms with Crippen LogP contribution in [-0.4, -0.2) is 24.7 Å². The summed E-state index contributed by atoms with van der Waals surface area (Å²) in [5.74, 6) is -1.55. The first-order valence-corrected chi connectivity index (χ1v) is 5.61. The van der Waals surface area contributed by atoms with Crippen LogP contribution in [0.4, 0.5) is 4.39 Å². The normalized spacial score (nSPS) is 13.2. The molecule has 18 heavy (non-hydrogen) atoms. The van der Waals surface area contributed by atoms with E-state index in [0.29, 0.717) is 16.9 Å². The SMILES string of the molecule is COc1ccc(C(C)(C)F)cc1C(CN)C(=O)O. The van der Waals surface area contributed by atoms with E-state index in [-0.39, 0.29) is 6.54 Å². The van der Waals surface area contributed by atoms with Gasteiger partial charge in [-0.1, -0.05) is 6.07 Å². The van der Waals surface area contributed by atoms with E-state index in [2.05, 4.69) is 0 Å². The fourth-order valence-electron chi connectivity index (χ4n) is 1.74.